The molecule has 0 atom stereocenters. The Hall–Kier alpha value is -0.900. The van der Waals surface area contributed by atoms with Gasteiger partial charge < -0.3 is 4.90 Å². The van der Waals surface area contributed by atoms with Crippen LogP contribution in [0.15, 0.2) is 0 Å². The van der Waals surface area contributed by atoms with Crippen molar-refractivity contribution in [3.05, 3.63) is 11.6 Å². The molecule has 0 amide bonds. The summed E-state index contributed by atoms with van der Waals surface area (Å²) >= 11 is 0. The SMILES string of the molecule is CN(C)Cc1nc(C2CCCC2)n[nH]1. The lowest BCUT2D eigenvalue weighted by atomic mass is 10.1. The molecular formula is C10H18N4. The maximum Gasteiger partial charge on any atom is 0.153 e. The molecule has 78 valence electrons. The number of aromatic amines is 1. The van der Waals surface area contributed by atoms with Crippen LogP contribution in [0.5, 0.6) is 0 Å². The zero-order valence-electron chi connectivity index (χ0n) is 8.95. The summed E-state index contributed by atoms with van der Waals surface area (Å²) in [6.07, 6.45) is 5.20. The Balaban J connectivity index is 2.01. The second-order valence-corrected chi connectivity index (χ2v) is 4.36. The van der Waals surface area contributed by atoms with Crippen LogP contribution >= 0.6 is 0 Å². The van der Waals surface area contributed by atoms with Crippen LogP contribution in [0.25, 0.3) is 0 Å². The van der Waals surface area contributed by atoms with Crippen LogP contribution in [0.4, 0.5) is 0 Å². The molecule has 1 fully saturated rings. The molecule has 0 spiro atoms. The second-order valence-electron chi connectivity index (χ2n) is 4.36. The molecule has 0 bridgehead atoms. The van der Waals surface area contributed by atoms with Crippen LogP contribution in [-0.2, 0) is 6.54 Å². The first-order chi connectivity index (χ1) is 6.75. The van der Waals surface area contributed by atoms with Gasteiger partial charge in [0.25, 0.3) is 0 Å². The summed E-state index contributed by atoms with van der Waals surface area (Å²) in [7, 11) is 4.08. The molecule has 1 saturated carbocycles. The maximum absolute atomic E-state index is 4.52. The van der Waals surface area contributed by atoms with E-state index in [0.717, 1.165) is 18.2 Å². The van der Waals surface area contributed by atoms with E-state index < -0.39 is 0 Å². The molecule has 4 nitrogen and oxygen atoms in total. The van der Waals surface area contributed by atoms with Crippen LogP contribution in [0.3, 0.4) is 0 Å². The van der Waals surface area contributed by atoms with Crippen molar-refractivity contribution in [3.63, 3.8) is 0 Å². The lowest BCUT2D eigenvalue weighted by molar-refractivity contribution is 0.391. The fourth-order valence-corrected chi connectivity index (χ4v) is 2.05. The maximum atomic E-state index is 4.52. The highest BCUT2D eigenvalue weighted by molar-refractivity contribution is 4.99. The van der Waals surface area contributed by atoms with Crippen molar-refractivity contribution in [1.29, 1.82) is 0 Å². The van der Waals surface area contributed by atoms with E-state index in [1.54, 1.807) is 0 Å². The first-order valence-electron chi connectivity index (χ1n) is 5.31. The predicted molar refractivity (Wildman–Crippen MR) is 55.0 cm³/mol. The van der Waals surface area contributed by atoms with Crippen molar-refractivity contribution in [3.8, 4) is 0 Å². The van der Waals surface area contributed by atoms with Crippen LogP contribution < -0.4 is 0 Å². The average Bonchev–Trinajstić information content (AvgIpc) is 2.69. The third-order valence-corrected chi connectivity index (χ3v) is 2.74. The van der Waals surface area contributed by atoms with E-state index in [-0.39, 0.29) is 0 Å². The molecule has 0 aliphatic heterocycles. The van der Waals surface area contributed by atoms with Gasteiger partial charge in [0.05, 0.1) is 6.54 Å². The Morgan fingerprint density at radius 2 is 2.07 bits per heavy atom. The molecule has 1 aromatic rings. The molecule has 0 unspecified atom stereocenters. The Labute approximate surface area is 84.7 Å². The molecule has 1 aliphatic carbocycles. The minimum absolute atomic E-state index is 0.613. The Morgan fingerprint density at radius 1 is 1.36 bits per heavy atom. The van der Waals surface area contributed by atoms with Gasteiger partial charge in [-0.1, -0.05) is 12.8 Å². The number of rotatable bonds is 3. The predicted octanol–water partition coefficient (Wildman–Crippen LogP) is 1.52. The van der Waals surface area contributed by atoms with Gasteiger partial charge in [0.2, 0.25) is 0 Å². The molecule has 0 aromatic carbocycles. The summed E-state index contributed by atoms with van der Waals surface area (Å²) < 4.78 is 0. The molecule has 1 heterocycles. The summed E-state index contributed by atoms with van der Waals surface area (Å²) in [5, 5.41) is 7.30. The van der Waals surface area contributed by atoms with Crippen LogP contribution in [0.1, 0.15) is 43.3 Å². The smallest absolute Gasteiger partial charge is 0.153 e. The summed E-state index contributed by atoms with van der Waals surface area (Å²) in [5.74, 6) is 2.62. The third-order valence-electron chi connectivity index (χ3n) is 2.74. The number of H-pyrrole nitrogens is 1. The van der Waals surface area contributed by atoms with E-state index in [1.165, 1.54) is 25.7 Å². The monoisotopic (exact) mass is 194 g/mol. The van der Waals surface area contributed by atoms with Crippen LogP contribution in [-0.4, -0.2) is 34.2 Å². The normalized spacial score (nSPS) is 18.2. The number of hydrogen-bond donors (Lipinski definition) is 1. The average molecular weight is 194 g/mol. The first-order valence-corrected chi connectivity index (χ1v) is 5.31. The Bertz CT molecular complexity index is 286. The van der Waals surface area contributed by atoms with E-state index in [1.807, 2.05) is 14.1 Å². The second kappa shape index (κ2) is 4.09. The minimum Gasteiger partial charge on any atom is -0.302 e. The molecule has 1 aromatic heterocycles. The molecule has 1 N–H and O–H groups in total. The standard InChI is InChI=1S/C10H18N4/c1-14(2)7-9-11-10(13-12-9)8-5-3-4-6-8/h8H,3-7H2,1-2H3,(H,11,12,13). The molecule has 1 aliphatic rings. The fraction of sp³-hybridized carbons (Fsp3) is 0.800. The number of nitrogens with one attached hydrogen (secondary N) is 1. The van der Waals surface area contributed by atoms with Gasteiger partial charge in [-0.25, -0.2) is 4.98 Å². The number of hydrogen-bond acceptors (Lipinski definition) is 3. The third kappa shape index (κ3) is 2.12. The zero-order valence-corrected chi connectivity index (χ0v) is 8.95. The molecular weight excluding hydrogens is 176 g/mol. The van der Waals surface area contributed by atoms with E-state index in [2.05, 4.69) is 20.1 Å². The highest BCUT2D eigenvalue weighted by atomic mass is 15.2. The Kier molecular flexibility index (Phi) is 2.82. The summed E-state index contributed by atoms with van der Waals surface area (Å²) in [4.78, 5) is 6.62. The first kappa shape index (κ1) is 9.65. The molecule has 0 saturated heterocycles. The lowest BCUT2D eigenvalue weighted by Crippen LogP contribution is -2.11. The zero-order chi connectivity index (χ0) is 9.97. The highest BCUT2D eigenvalue weighted by Gasteiger charge is 2.20. The Morgan fingerprint density at radius 3 is 2.71 bits per heavy atom. The van der Waals surface area contributed by atoms with Crippen molar-refractivity contribution in [2.75, 3.05) is 14.1 Å². The van der Waals surface area contributed by atoms with E-state index >= 15 is 0 Å². The van der Waals surface area contributed by atoms with Crippen LogP contribution in [0, 0.1) is 0 Å². The molecule has 14 heavy (non-hydrogen) atoms. The fourth-order valence-electron chi connectivity index (χ4n) is 2.05. The van der Waals surface area contributed by atoms with Crippen LogP contribution in [0.2, 0.25) is 0 Å². The van der Waals surface area contributed by atoms with Crippen molar-refractivity contribution < 1.29 is 0 Å². The number of aromatic nitrogens is 3. The topological polar surface area (TPSA) is 44.8 Å². The van der Waals surface area contributed by atoms with Crippen molar-refractivity contribution in [2.24, 2.45) is 0 Å². The quantitative estimate of drug-likeness (QED) is 0.793. The van der Waals surface area contributed by atoms with Crippen molar-refractivity contribution in [2.45, 2.75) is 38.1 Å². The summed E-state index contributed by atoms with van der Waals surface area (Å²) in [5.41, 5.74) is 0. The van der Waals surface area contributed by atoms with Gasteiger partial charge in [0, 0.05) is 5.92 Å². The van der Waals surface area contributed by atoms with Gasteiger partial charge in [-0.05, 0) is 26.9 Å². The van der Waals surface area contributed by atoms with Crippen molar-refractivity contribution >= 4 is 0 Å². The molecule has 2 rings (SSSR count). The van der Waals surface area contributed by atoms with Gasteiger partial charge in [-0.3, -0.25) is 5.10 Å². The largest absolute Gasteiger partial charge is 0.302 e. The lowest BCUT2D eigenvalue weighted by Gasteiger charge is -2.05. The van der Waals surface area contributed by atoms with Gasteiger partial charge in [-0.2, -0.15) is 5.10 Å². The van der Waals surface area contributed by atoms with Gasteiger partial charge in [-0.15, -0.1) is 0 Å². The number of nitrogens with zero attached hydrogens (tertiary/aromatic N) is 3. The summed E-state index contributed by atoms with van der Waals surface area (Å²) in [6.45, 7) is 0.847. The van der Waals surface area contributed by atoms with E-state index in [0.29, 0.717) is 5.92 Å². The molecule has 0 radical (unpaired) electrons. The van der Waals surface area contributed by atoms with Gasteiger partial charge in [0.15, 0.2) is 5.82 Å². The van der Waals surface area contributed by atoms with E-state index in [4.69, 9.17) is 0 Å². The van der Waals surface area contributed by atoms with Crippen molar-refractivity contribution in [1.82, 2.24) is 20.1 Å². The summed E-state index contributed by atoms with van der Waals surface area (Å²) in [6, 6.07) is 0. The van der Waals surface area contributed by atoms with E-state index in [9.17, 15) is 0 Å². The molecule has 4 heteroatoms. The highest BCUT2D eigenvalue weighted by Crippen LogP contribution is 2.31. The minimum atomic E-state index is 0.613. The van der Waals surface area contributed by atoms with Gasteiger partial charge in [0.1, 0.15) is 5.82 Å². The van der Waals surface area contributed by atoms with Gasteiger partial charge >= 0.3 is 0 Å².